The van der Waals surface area contributed by atoms with E-state index in [1.54, 1.807) is 54.6 Å². The molecular formula is C17H16N4O3. The standard InChI is InChI=1S/C17H16N4O3/c1-12(22)19-15-9-7-13(8-10-15)11-18-21-17(24)16(23)20-14-5-3-2-4-6-14/h2-11H,1H3,(H,19,22)(H,20,23)(H,21,24). The van der Waals surface area contributed by atoms with Crippen LogP contribution in [-0.2, 0) is 14.4 Å². The maximum Gasteiger partial charge on any atom is 0.329 e. The normalized spacial score (nSPS) is 10.2. The summed E-state index contributed by atoms with van der Waals surface area (Å²) in [6.07, 6.45) is 1.39. The molecule has 0 saturated carbocycles. The molecule has 2 rings (SSSR count). The zero-order valence-corrected chi connectivity index (χ0v) is 12.9. The van der Waals surface area contributed by atoms with E-state index in [2.05, 4.69) is 21.2 Å². The first-order valence-corrected chi connectivity index (χ1v) is 7.11. The fourth-order valence-corrected chi connectivity index (χ4v) is 1.78. The molecule has 2 aromatic rings. The van der Waals surface area contributed by atoms with Crippen LogP contribution in [0.1, 0.15) is 12.5 Å². The van der Waals surface area contributed by atoms with Crippen molar-refractivity contribution in [3.8, 4) is 0 Å². The Morgan fingerprint density at radius 2 is 1.46 bits per heavy atom. The number of hydrogen-bond acceptors (Lipinski definition) is 4. The molecule has 3 N–H and O–H groups in total. The maximum absolute atomic E-state index is 11.7. The molecule has 24 heavy (non-hydrogen) atoms. The third-order valence-electron chi connectivity index (χ3n) is 2.85. The lowest BCUT2D eigenvalue weighted by Gasteiger charge is -2.03. The zero-order valence-electron chi connectivity index (χ0n) is 12.9. The molecule has 0 fully saturated rings. The van der Waals surface area contributed by atoms with Gasteiger partial charge in [-0.05, 0) is 29.8 Å². The van der Waals surface area contributed by atoms with Crippen molar-refractivity contribution in [3.05, 3.63) is 60.2 Å². The molecule has 0 aliphatic carbocycles. The first-order valence-electron chi connectivity index (χ1n) is 7.11. The van der Waals surface area contributed by atoms with Gasteiger partial charge in [-0.3, -0.25) is 14.4 Å². The van der Waals surface area contributed by atoms with Crippen LogP contribution in [0.15, 0.2) is 59.7 Å². The van der Waals surface area contributed by atoms with Gasteiger partial charge in [0.25, 0.3) is 0 Å². The summed E-state index contributed by atoms with van der Waals surface area (Å²) in [7, 11) is 0. The van der Waals surface area contributed by atoms with E-state index in [0.717, 1.165) is 0 Å². The van der Waals surface area contributed by atoms with Crippen molar-refractivity contribution in [2.24, 2.45) is 5.10 Å². The van der Waals surface area contributed by atoms with Gasteiger partial charge in [0.15, 0.2) is 0 Å². The molecule has 3 amide bonds. The highest BCUT2D eigenvalue weighted by molar-refractivity contribution is 6.39. The molecule has 7 nitrogen and oxygen atoms in total. The summed E-state index contributed by atoms with van der Waals surface area (Å²) in [4.78, 5) is 34.2. The van der Waals surface area contributed by atoms with Gasteiger partial charge in [0.05, 0.1) is 6.21 Å². The molecular weight excluding hydrogens is 308 g/mol. The van der Waals surface area contributed by atoms with E-state index in [0.29, 0.717) is 16.9 Å². The number of para-hydroxylation sites is 1. The minimum absolute atomic E-state index is 0.159. The Morgan fingerprint density at radius 1 is 0.833 bits per heavy atom. The number of rotatable bonds is 4. The van der Waals surface area contributed by atoms with Crippen LogP contribution in [0.25, 0.3) is 0 Å². The van der Waals surface area contributed by atoms with E-state index >= 15 is 0 Å². The van der Waals surface area contributed by atoms with Gasteiger partial charge in [0, 0.05) is 18.3 Å². The second-order valence-corrected chi connectivity index (χ2v) is 4.82. The van der Waals surface area contributed by atoms with E-state index in [4.69, 9.17) is 0 Å². The number of nitrogens with zero attached hydrogens (tertiary/aromatic N) is 1. The summed E-state index contributed by atoms with van der Waals surface area (Å²) < 4.78 is 0. The summed E-state index contributed by atoms with van der Waals surface area (Å²) in [5, 5.41) is 8.81. The summed E-state index contributed by atoms with van der Waals surface area (Å²) in [5.41, 5.74) is 4.03. The minimum Gasteiger partial charge on any atom is -0.326 e. The monoisotopic (exact) mass is 324 g/mol. The van der Waals surface area contributed by atoms with E-state index in [1.807, 2.05) is 0 Å². The Morgan fingerprint density at radius 3 is 2.08 bits per heavy atom. The molecule has 0 radical (unpaired) electrons. The Bertz CT molecular complexity index is 755. The largest absolute Gasteiger partial charge is 0.329 e. The number of anilines is 2. The predicted octanol–water partition coefficient (Wildman–Crippen LogP) is 1.73. The first-order chi connectivity index (χ1) is 11.5. The van der Waals surface area contributed by atoms with Gasteiger partial charge in [-0.25, -0.2) is 5.43 Å². The smallest absolute Gasteiger partial charge is 0.326 e. The number of nitrogens with one attached hydrogen (secondary N) is 3. The number of carbonyl (C=O) groups is 3. The van der Waals surface area contributed by atoms with Crippen molar-refractivity contribution in [1.29, 1.82) is 0 Å². The van der Waals surface area contributed by atoms with Gasteiger partial charge >= 0.3 is 11.8 Å². The predicted molar refractivity (Wildman–Crippen MR) is 91.6 cm³/mol. The van der Waals surface area contributed by atoms with Crippen LogP contribution in [0.3, 0.4) is 0 Å². The van der Waals surface area contributed by atoms with Gasteiger partial charge in [-0.2, -0.15) is 5.10 Å². The van der Waals surface area contributed by atoms with E-state index < -0.39 is 11.8 Å². The molecule has 2 aromatic carbocycles. The van der Waals surface area contributed by atoms with Crippen molar-refractivity contribution in [3.63, 3.8) is 0 Å². The molecule has 0 unspecified atom stereocenters. The van der Waals surface area contributed by atoms with Crippen molar-refractivity contribution in [2.45, 2.75) is 6.92 Å². The van der Waals surface area contributed by atoms with Crippen LogP contribution < -0.4 is 16.1 Å². The van der Waals surface area contributed by atoms with Crippen molar-refractivity contribution >= 4 is 35.3 Å². The lowest BCUT2D eigenvalue weighted by atomic mass is 10.2. The van der Waals surface area contributed by atoms with Gasteiger partial charge in [-0.15, -0.1) is 0 Å². The average Bonchev–Trinajstić information content (AvgIpc) is 2.56. The summed E-state index contributed by atoms with van der Waals surface area (Å²) in [6.45, 7) is 1.42. The number of hydrogen-bond donors (Lipinski definition) is 3. The molecule has 0 spiro atoms. The highest BCUT2D eigenvalue weighted by Crippen LogP contribution is 2.08. The molecule has 122 valence electrons. The molecule has 0 aliphatic heterocycles. The third kappa shape index (κ3) is 5.38. The van der Waals surface area contributed by atoms with E-state index in [9.17, 15) is 14.4 Å². The summed E-state index contributed by atoms with van der Waals surface area (Å²) in [6, 6.07) is 15.5. The van der Waals surface area contributed by atoms with Crippen LogP contribution >= 0.6 is 0 Å². The van der Waals surface area contributed by atoms with Gasteiger partial charge < -0.3 is 10.6 Å². The second-order valence-electron chi connectivity index (χ2n) is 4.82. The van der Waals surface area contributed by atoms with E-state index in [1.165, 1.54) is 13.1 Å². The highest BCUT2D eigenvalue weighted by Gasteiger charge is 2.12. The fraction of sp³-hybridized carbons (Fsp3) is 0.0588. The number of amides is 3. The molecule has 0 atom stereocenters. The summed E-state index contributed by atoms with van der Waals surface area (Å²) >= 11 is 0. The van der Waals surface area contributed by atoms with Crippen LogP contribution in [0.2, 0.25) is 0 Å². The van der Waals surface area contributed by atoms with Crippen molar-refractivity contribution in [1.82, 2.24) is 5.43 Å². The van der Waals surface area contributed by atoms with Crippen LogP contribution in [-0.4, -0.2) is 23.9 Å². The molecule has 0 aromatic heterocycles. The summed E-state index contributed by atoms with van der Waals surface area (Å²) in [5.74, 6) is -1.84. The minimum atomic E-state index is -0.870. The van der Waals surface area contributed by atoms with Crippen molar-refractivity contribution < 1.29 is 14.4 Å². The second kappa shape index (κ2) is 8.23. The Hall–Kier alpha value is -3.48. The SMILES string of the molecule is CC(=O)Nc1ccc(C=NNC(=O)C(=O)Nc2ccccc2)cc1. The Kier molecular flexibility index (Phi) is 5.79. The highest BCUT2D eigenvalue weighted by atomic mass is 16.2. The number of hydrazone groups is 1. The van der Waals surface area contributed by atoms with E-state index in [-0.39, 0.29) is 5.91 Å². The quantitative estimate of drug-likeness (QED) is 0.454. The maximum atomic E-state index is 11.7. The molecule has 0 bridgehead atoms. The number of carbonyl (C=O) groups excluding carboxylic acids is 3. The molecule has 0 aliphatic rings. The Labute approximate surface area is 138 Å². The van der Waals surface area contributed by atoms with Gasteiger partial charge in [0.2, 0.25) is 5.91 Å². The lowest BCUT2D eigenvalue weighted by Crippen LogP contribution is -2.32. The molecule has 0 heterocycles. The zero-order chi connectivity index (χ0) is 17.4. The molecule has 0 saturated heterocycles. The number of benzene rings is 2. The van der Waals surface area contributed by atoms with Crippen molar-refractivity contribution in [2.75, 3.05) is 10.6 Å². The fourth-order valence-electron chi connectivity index (χ4n) is 1.78. The lowest BCUT2D eigenvalue weighted by molar-refractivity contribution is -0.136. The van der Waals surface area contributed by atoms with Crippen LogP contribution in [0.5, 0.6) is 0 Å². The van der Waals surface area contributed by atoms with Crippen LogP contribution in [0, 0.1) is 0 Å². The topological polar surface area (TPSA) is 99.7 Å². The van der Waals surface area contributed by atoms with Crippen LogP contribution in [0.4, 0.5) is 11.4 Å². The third-order valence-corrected chi connectivity index (χ3v) is 2.85. The Balaban J connectivity index is 1.85. The molecule has 7 heteroatoms. The average molecular weight is 324 g/mol. The van der Waals surface area contributed by atoms with Gasteiger partial charge in [0.1, 0.15) is 0 Å². The van der Waals surface area contributed by atoms with Gasteiger partial charge in [-0.1, -0.05) is 30.3 Å². The first kappa shape index (κ1) is 16.9.